The van der Waals surface area contributed by atoms with Crippen LogP contribution in [-0.2, 0) is 0 Å². The summed E-state index contributed by atoms with van der Waals surface area (Å²) in [4.78, 5) is 4.61. The lowest BCUT2D eigenvalue weighted by molar-refractivity contribution is 0.831. The number of aryl methyl sites for hydroxylation is 4. The summed E-state index contributed by atoms with van der Waals surface area (Å²) in [7, 11) is 0. The van der Waals surface area contributed by atoms with Crippen LogP contribution in [0.5, 0.6) is 0 Å². The van der Waals surface area contributed by atoms with Crippen molar-refractivity contribution in [1.29, 1.82) is 0 Å². The lowest BCUT2D eigenvalue weighted by Gasteiger charge is -2.26. The summed E-state index contributed by atoms with van der Waals surface area (Å²) in [5, 5.41) is 0. The van der Waals surface area contributed by atoms with Crippen molar-refractivity contribution in [3.05, 3.63) is 238 Å². The van der Waals surface area contributed by atoms with Crippen LogP contribution in [0.4, 0.5) is 28.4 Å². The lowest BCUT2D eigenvalue weighted by atomic mass is 9.98. The Balaban J connectivity index is 1.06. The molecule has 5 aromatic rings. The molecule has 292 valence electrons. The third-order valence-corrected chi connectivity index (χ3v) is 11.4. The van der Waals surface area contributed by atoms with Gasteiger partial charge in [-0.15, -0.1) is 6.42 Å². The fourth-order valence-corrected chi connectivity index (χ4v) is 7.71. The van der Waals surface area contributed by atoms with Gasteiger partial charge < -0.3 is 9.80 Å². The molecule has 2 aliphatic rings. The highest BCUT2D eigenvalue weighted by molar-refractivity contribution is 5.80. The number of terminal acetylenes is 1. The number of nitrogens with zero attached hydrogens (tertiary/aromatic N) is 2. The monoisotopic (exact) mass is 766 g/mol. The van der Waals surface area contributed by atoms with Crippen LogP contribution in [0.2, 0.25) is 0 Å². The molecule has 0 saturated heterocycles. The molecule has 5 aromatic carbocycles. The largest absolute Gasteiger partial charge is 0.311 e. The van der Waals surface area contributed by atoms with Gasteiger partial charge in [-0.05, 0) is 142 Å². The van der Waals surface area contributed by atoms with Crippen LogP contribution < -0.4 is 9.80 Å². The van der Waals surface area contributed by atoms with Crippen LogP contribution in [-0.4, -0.2) is 0 Å². The highest BCUT2D eigenvalue weighted by atomic mass is 15.1. The van der Waals surface area contributed by atoms with Crippen LogP contribution in [0, 0.1) is 51.9 Å². The molecule has 0 heterocycles. The van der Waals surface area contributed by atoms with Gasteiger partial charge >= 0.3 is 0 Å². The molecule has 2 heteroatoms. The normalized spacial score (nSPS) is 16.5. The highest BCUT2D eigenvalue weighted by Crippen LogP contribution is 2.40. The third kappa shape index (κ3) is 9.33. The van der Waals surface area contributed by atoms with Gasteiger partial charge in [0.25, 0.3) is 0 Å². The average molecular weight is 767 g/mol. The number of rotatable bonds is 12. The van der Waals surface area contributed by atoms with Crippen LogP contribution in [0.3, 0.4) is 0 Å². The van der Waals surface area contributed by atoms with Crippen LogP contribution >= 0.6 is 0 Å². The van der Waals surface area contributed by atoms with E-state index < -0.39 is 0 Å². The number of anilines is 5. The molecule has 7 rings (SSSR count). The van der Waals surface area contributed by atoms with Crippen LogP contribution in [0.25, 0.3) is 5.57 Å². The molecule has 0 aliphatic heterocycles. The smallest absolute Gasteiger partial charge is 0.0462 e. The molecule has 0 saturated carbocycles. The second kappa shape index (κ2) is 18.2. The molecular formula is C57H54N2. The zero-order valence-corrected chi connectivity index (χ0v) is 35.3. The molecule has 2 aliphatic carbocycles. The molecule has 0 bridgehead atoms. The summed E-state index contributed by atoms with van der Waals surface area (Å²) in [6.07, 6.45) is 27.1. The first kappa shape index (κ1) is 40.4. The Kier molecular flexibility index (Phi) is 12.4. The summed E-state index contributed by atoms with van der Waals surface area (Å²) >= 11 is 0. The topological polar surface area (TPSA) is 6.48 Å². The first-order valence-corrected chi connectivity index (χ1v) is 20.6. The minimum Gasteiger partial charge on any atom is -0.311 e. The summed E-state index contributed by atoms with van der Waals surface area (Å²) in [5.74, 6) is 3.45. The van der Waals surface area contributed by atoms with Crippen molar-refractivity contribution in [2.45, 2.75) is 48.0 Å². The maximum Gasteiger partial charge on any atom is 0.0462 e. The van der Waals surface area contributed by atoms with E-state index in [2.05, 4.69) is 240 Å². The molecule has 0 radical (unpaired) electrons. The molecule has 2 atom stereocenters. The Bertz CT molecular complexity index is 2470. The van der Waals surface area contributed by atoms with Gasteiger partial charge in [0.15, 0.2) is 0 Å². The Morgan fingerprint density at radius 1 is 0.610 bits per heavy atom. The first-order chi connectivity index (χ1) is 28.6. The Hall–Kier alpha value is -6.82. The molecule has 0 spiro atoms. The van der Waals surface area contributed by atoms with Crippen molar-refractivity contribution in [1.82, 2.24) is 0 Å². The maximum absolute atomic E-state index is 6.17. The van der Waals surface area contributed by atoms with Gasteiger partial charge in [-0.3, -0.25) is 0 Å². The average Bonchev–Trinajstić information content (AvgIpc) is 3.35. The predicted molar refractivity (Wildman–Crippen MR) is 255 cm³/mol. The number of hydrogen-bond acceptors (Lipinski definition) is 2. The van der Waals surface area contributed by atoms with Crippen molar-refractivity contribution in [3.63, 3.8) is 0 Å². The van der Waals surface area contributed by atoms with E-state index in [4.69, 9.17) is 6.42 Å². The molecule has 0 aromatic heterocycles. The van der Waals surface area contributed by atoms with Gasteiger partial charge in [0.05, 0.1) is 0 Å². The molecule has 0 amide bonds. The fraction of sp³-hybridized carbons (Fsp3) is 0.158. The number of allylic oxidation sites excluding steroid dienone is 14. The quantitative estimate of drug-likeness (QED) is 0.0922. The van der Waals surface area contributed by atoms with E-state index in [1.54, 1.807) is 0 Å². The second-order valence-corrected chi connectivity index (χ2v) is 15.8. The minimum absolute atomic E-state index is 0.181. The van der Waals surface area contributed by atoms with Crippen LogP contribution in [0.1, 0.15) is 48.1 Å². The van der Waals surface area contributed by atoms with Crippen molar-refractivity contribution in [2.75, 3.05) is 9.80 Å². The summed E-state index contributed by atoms with van der Waals surface area (Å²) < 4.78 is 0. The van der Waals surface area contributed by atoms with Gasteiger partial charge in [-0.2, -0.15) is 0 Å². The third-order valence-electron chi connectivity index (χ3n) is 11.4. The fourth-order valence-electron chi connectivity index (χ4n) is 7.71. The standard InChI is InChI=1S/C57H54N2/c1-9-55-45(7)46(8)56(39-24-44(6)48-26-37-54(38-27-48)59(52-32-20-42(4)21-33-52)53-34-22-43(5)23-35-53)57(55)15-11-13-47-12-10-14-49(36-25-47)58(50-28-16-40(2)17-29-50)51-30-18-41(3)19-31-51/h1,10-12,14-39,45,47H,6,13H2,2-5,7-8H3/b15-11-,39-24-. The summed E-state index contributed by atoms with van der Waals surface area (Å²) in [6.45, 7) is 17.4. The Morgan fingerprint density at radius 2 is 1.07 bits per heavy atom. The summed E-state index contributed by atoms with van der Waals surface area (Å²) in [6, 6.07) is 43.5. The van der Waals surface area contributed by atoms with Gasteiger partial charge in [-0.1, -0.05) is 150 Å². The van der Waals surface area contributed by atoms with Gasteiger partial charge in [0, 0.05) is 45.6 Å². The Morgan fingerprint density at radius 3 is 1.54 bits per heavy atom. The first-order valence-electron chi connectivity index (χ1n) is 20.6. The van der Waals surface area contributed by atoms with E-state index in [0.717, 1.165) is 62.8 Å². The minimum atomic E-state index is 0.181. The van der Waals surface area contributed by atoms with Crippen LogP contribution in [0.15, 0.2) is 211 Å². The van der Waals surface area contributed by atoms with Gasteiger partial charge in [0.1, 0.15) is 0 Å². The van der Waals surface area contributed by atoms with Crippen molar-refractivity contribution in [3.8, 4) is 12.3 Å². The van der Waals surface area contributed by atoms with Crippen molar-refractivity contribution < 1.29 is 0 Å². The SMILES string of the molecule is C#CC1=C(/C=C\CC2C=CC=C(N(c3ccc(C)cc3)c3ccc(C)cc3)C=C2)C(/C=C\C(=C)c2ccc(N(c3ccc(C)cc3)c3ccc(C)cc3)cc2)=C(C)C1C. The number of benzene rings is 5. The van der Waals surface area contributed by atoms with E-state index in [1.165, 1.54) is 33.4 Å². The molecule has 2 unspecified atom stereocenters. The molecule has 59 heavy (non-hydrogen) atoms. The van der Waals surface area contributed by atoms with E-state index in [0.29, 0.717) is 0 Å². The van der Waals surface area contributed by atoms with Crippen molar-refractivity contribution in [2.24, 2.45) is 11.8 Å². The van der Waals surface area contributed by atoms with E-state index in [-0.39, 0.29) is 11.8 Å². The Labute approximate surface area is 353 Å². The van der Waals surface area contributed by atoms with Gasteiger partial charge in [-0.25, -0.2) is 0 Å². The second-order valence-electron chi connectivity index (χ2n) is 15.8. The molecule has 0 fully saturated rings. The van der Waals surface area contributed by atoms with Gasteiger partial charge in [0.2, 0.25) is 0 Å². The zero-order valence-electron chi connectivity index (χ0n) is 35.3. The summed E-state index contributed by atoms with van der Waals surface area (Å²) in [5.41, 5.74) is 18.3. The zero-order chi connectivity index (χ0) is 41.5. The molecule has 0 N–H and O–H groups in total. The lowest BCUT2D eigenvalue weighted by Crippen LogP contribution is -2.15. The maximum atomic E-state index is 6.17. The molecule has 2 nitrogen and oxygen atoms in total. The van der Waals surface area contributed by atoms with E-state index >= 15 is 0 Å². The van der Waals surface area contributed by atoms with Crippen molar-refractivity contribution >= 4 is 34.0 Å². The van der Waals surface area contributed by atoms with E-state index in [1.807, 2.05) is 0 Å². The highest BCUT2D eigenvalue weighted by Gasteiger charge is 2.25. The number of hydrogen-bond donors (Lipinski definition) is 0. The van der Waals surface area contributed by atoms with E-state index in [9.17, 15) is 0 Å². The predicted octanol–water partition coefficient (Wildman–Crippen LogP) is 15.3. The molecular weight excluding hydrogens is 713 g/mol.